The van der Waals surface area contributed by atoms with Crippen LogP contribution in [0.5, 0.6) is 0 Å². The quantitative estimate of drug-likeness (QED) is 0.833. The second-order valence-corrected chi connectivity index (χ2v) is 6.10. The van der Waals surface area contributed by atoms with Crippen LogP contribution in [0, 0.1) is 5.82 Å². The molecule has 5 nitrogen and oxygen atoms in total. The Balaban J connectivity index is 1.60. The van der Waals surface area contributed by atoms with E-state index in [9.17, 15) is 9.18 Å². The van der Waals surface area contributed by atoms with E-state index in [1.807, 2.05) is 0 Å². The topological polar surface area (TPSA) is 66.9 Å². The maximum Gasteiger partial charge on any atom is 0.276 e. The predicted octanol–water partition coefficient (Wildman–Crippen LogP) is 4.00. The van der Waals surface area contributed by atoms with Crippen LogP contribution < -0.4 is 10.6 Å². The predicted molar refractivity (Wildman–Crippen MR) is 91.5 cm³/mol. The van der Waals surface area contributed by atoms with Gasteiger partial charge in [-0.25, -0.2) is 4.39 Å². The number of anilines is 2. The van der Waals surface area contributed by atoms with Gasteiger partial charge in [-0.3, -0.25) is 4.79 Å². The number of carbonyl (C=O) groups is 1. The van der Waals surface area contributed by atoms with E-state index in [1.54, 1.807) is 18.2 Å². The Morgan fingerprint density at radius 1 is 1.04 bits per heavy atom. The Kier molecular flexibility index (Phi) is 5.36. The van der Waals surface area contributed by atoms with Crippen molar-refractivity contribution in [1.29, 1.82) is 0 Å². The number of hydrogen-bond donors (Lipinski definition) is 2. The molecular formula is C18H21FN4O. The Hall–Kier alpha value is -2.50. The van der Waals surface area contributed by atoms with Gasteiger partial charge in [0.1, 0.15) is 11.6 Å². The molecule has 0 radical (unpaired) electrons. The van der Waals surface area contributed by atoms with Gasteiger partial charge >= 0.3 is 0 Å². The van der Waals surface area contributed by atoms with E-state index in [1.165, 1.54) is 43.9 Å². The number of amides is 1. The zero-order chi connectivity index (χ0) is 16.8. The summed E-state index contributed by atoms with van der Waals surface area (Å²) in [7, 11) is 0. The lowest BCUT2D eigenvalue weighted by Gasteiger charge is -2.16. The van der Waals surface area contributed by atoms with Crippen molar-refractivity contribution in [3.63, 3.8) is 0 Å². The molecule has 0 spiro atoms. The molecule has 0 atom stereocenters. The number of hydrogen-bond acceptors (Lipinski definition) is 4. The van der Waals surface area contributed by atoms with Gasteiger partial charge in [-0.1, -0.05) is 31.7 Å². The molecular weight excluding hydrogens is 307 g/mol. The Labute approximate surface area is 140 Å². The SMILES string of the molecule is O=C(Nc1cccc(F)c1)c1ccc(NC2CCCCCC2)nn1. The molecule has 1 heterocycles. The molecule has 0 aliphatic heterocycles. The van der Waals surface area contributed by atoms with Crippen LogP contribution in [0.4, 0.5) is 15.9 Å². The number of aromatic nitrogens is 2. The van der Waals surface area contributed by atoms with Crippen molar-refractivity contribution in [2.45, 2.75) is 44.6 Å². The largest absolute Gasteiger partial charge is 0.366 e. The number of nitrogens with zero attached hydrogens (tertiary/aromatic N) is 2. The number of benzene rings is 1. The van der Waals surface area contributed by atoms with E-state index in [4.69, 9.17) is 0 Å². The van der Waals surface area contributed by atoms with Gasteiger partial charge in [0.2, 0.25) is 0 Å². The van der Waals surface area contributed by atoms with E-state index >= 15 is 0 Å². The molecule has 1 aromatic heterocycles. The van der Waals surface area contributed by atoms with Gasteiger partial charge in [0, 0.05) is 11.7 Å². The summed E-state index contributed by atoms with van der Waals surface area (Å²) in [6.45, 7) is 0. The summed E-state index contributed by atoms with van der Waals surface area (Å²) in [5.41, 5.74) is 0.591. The first-order valence-electron chi connectivity index (χ1n) is 8.38. The minimum Gasteiger partial charge on any atom is -0.366 e. The lowest BCUT2D eigenvalue weighted by molar-refractivity contribution is 0.102. The van der Waals surface area contributed by atoms with Gasteiger partial charge in [0.15, 0.2) is 5.69 Å². The highest BCUT2D eigenvalue weighted by molar-refractivity contribution is 6.02. The minimum absolute atomic E-state index is 0.200. The van der Waals surface area contributed by atoms with Crippen LogP contribution in [-0.2, 0) is 0 Å². The molecule has 0 saturated heterocycles. The first-order valence-corrected chi connectivity index (χ1v) is 8.38. The van der Waals surface area contributed by atoms with Crippen LogP contribution in [0.15, 0.2) is 36.4 Å². The minimum atomic E-state index is -0.408. The van der Waals surface area contributed by atoms with Crippen LogP contribution in [-0.4, -0.2) is 22.1 Å². The summed E-state index contributed by atoms with van der Waals surface area (Å²) in [6.07, 6.45) is 7.34. The van der Waals surface area contributed by atoms with E-state index in [2.05, 4.69) is 20.8 Å². The second-order valence-electron chi connectivity index (χ2n) is 6.10. The molecule has 1 aromatic carbocycles. The fraction of sp³-hybridized carbons (Fsp3) is 0.389. The maximum atomic E-state index is 13.1. The van der Waals surface area contributed by atoms with Gasteiger partial charge < -0.3 is 10.6 Å². The summed E-state index contributed by atoms with van der Waals surface area (Å²) < 4.78 is 13.1. The lowest BCUT2D eigenvalue weighted by atomic mass is 10.1. The van der Waals surface area contributed by atoms with E-state index in [-0.39, 0.29) is 5.69 Å². The average Bonchev–Trinajstić information content (AvgIpc) is 2.84. The molecule has 3 rings (SSSR count). The Bertz CT molecular complexity index is 682. The van der Waals surface area contributed by atoms with Gasteiger partial charge in [0.05, 0.1) is 0 Å². The Morgan fingerprint density at radius 2 is 1.83 bits per heavy atom. The fourth-order valence-corrected chi connectivity index (χ4v) is 2.92. The molecule has 6 heteroatoms. The van der Waals surface area contributed by atoms with Crippen molar-refractivity contribution in [3.8, 4) is 0 Å². The van der Waals surface area contributed by atoms with Crippen molar-refractivity contribution < 1.29 is 9.18 Å². The summed E-state index contributed by atoms with van der Waals surface area (Å²) in [6, 6.07) is 9.55. The molecule has 1 amide bonds. The number of nitrogens with one attached hydrogen (secondary N) is 2. The zero-order valence-electron chi connectivity index (χ0n) is 13.5. The van der Waals surface area contributed by atoms with Crippen LogP contribution in [0.3, 0.4) is 0 Å². The first kappa shape index (κ1) is 16.4. The second kappa shape index (κ2) is 7.86. The number of rotatable bonds is 4. The summed E-state index contributed by atoms with van der Waals surface area (Å²) in [5.74, 6) is -0.125. The Morgan fingerprint density at radius 3 is 2.50 bits per heavy atom. The monoisotopic (exact) mass is 328 g/mol. The molecule has 1 saturated carbocycles. The molecule has 2 aromatic rings. The van der Waals surface area contributed by atoms with Crippen LogP contribution in [0.2, 0.25) is 0 Å². The zero-order valence-corrected chi connectivity index (χ0v) is 13.5. The van der Waals surface area contributed by atoms with Crippen molar-refractivity contribution in [1.82, 2.24) is 10.2 Å². The van der Waals surface area contributed by atoms with E-state index in [0.29, 0.717) is 17.5 Å². The summed E-state index contributed by atoms with van der Waals surface area (Å²) in [4.78, 5) is 12.1. The molecule has 2 N–H and O–H groups in total. The highest BCUT2D eigenvalue weighted by Gasteiger charge is 2.14. The van der Waals surface area contributed by atoms with Crippen molar-refractivity contribution in [2.75, 3.05) is 10.6 Å². The third-order valence-electron chi connectivity index (χ3n) is 4.19. The van der Waals surface area contributed by atoms with Gasteiger partial charge in [-0.15, -0.1) is 10.2 Å². The van der Waals surface area contributed by atoms with E-state index in [0.717, 1.165) is 12.8 Å². The van der Waals surface area contributed by atoms with Crippen molar-refractivity contribution >= 4 is 17.4 Å². The highest BCUT2D eigenvalue weighted by atomic mass is 19.1. The molecule has 24 heavy (non-hydrogen) atoms. The normalized spacial score (nSPS) is 15.5. The molecule has 126 valence electrons. The van der Waals surface area contributed by atoms with Gasteiger partial charge in [-0.2, -0.15) is 0 Å². The van der Waals surface area contributed by atoms with E-state index < -0.39 is 11.7 Å². The first-order chi connectivity index (χ1) is 11.7. The molecule has 1 aliphatic carbocycles. The summed E-state index contributed by atoms with van der Waals surface area (Å²) in [5, 5.41) is 14.1. The van der Waals surface area contributed by atoms with Crippen molar-refractivity contribution in [3.05, 3.63) is 47.9 Å². The van der Waals surface area contributed by atoms with Crippen LogP contribution >= 0.6 is 0 Å². The maximum absolute atomic E-state index is 13.1. The summed E-state index contributed by atoms with van der Waals surface area (Å²) >= 11 is 0. The highest BCUT2D eigenvalue weighted by Crippen LogP contribution is 2.20. The average molecular weight is 328 g/mol. The van der Waals surface area contributed by atoms with Gasteiger partial charge in [-0.05, 0) is 43.2 Å². The van der Waals surface area contributed by atoms with Gasteiger partial charge in [0.25, 0.3) is 5.91 Å². The number of carbonyl (C=O) groups excluding carboxylic acids is 1. The number of halogens is 1. The van der Waals surface area contributed by atoms with Crippen molar-refractivity contribution in [2.24, 2.45) is 0 Å². The molecule has 0 unspecified atom stereocenters. The molecule has 1 fully saturated rings. The fourth-order valence-electron chi connectivity index (χ4n) is 2.92. The lowest BCUT2D eigenvalue weighted by Crippen LogP contribution is -2.20. The smallest absolute Gasteiger partial charge is 0.276 e. The third kappa shape index (κ3) is 4.50. The van der Waals surface area contributed by atoms with Crippen LogP contribution in [0.25, 0.3) is 0 Å². The molecule has 0 bridgehead atoms. The standard InChI is InChI=1S/C18H21FN4O/c19-13-6-5-9-15(12-13)21-18(24)16-10-11-17(23-22-16)20-14-7-3-1-2-4-8-14/h5-6,9-12,14H,1-4,7-8H2,(H,20,23)(H,21,24). The van der Waals surface area contributed by atoms with Crippen LogP contribution in [0.1, 0.15) is 49.0 Å². The molecule has 1 aliphatic rings. The third-order valence-corrected chi connectivity index (χ3v) is 4.19.